The number of methoxy groups -OCH3 is 1. The second-order valence-electron chi connectivity index (χ2n) is 7.62. The molecule has 1 heterocycles. The number of hydrogen-bond acceptors (Lipinski definition) is 4. The van der Waals surface area contributed by atoms with Crippen LogP contribution in [-0.4, -0.2) is 30.8 Å². The molecule has 0 aliphatic carbocycles. The molecule has 0 aliphatic rings. The van der Waals surface area contributed by atoms with Crippen molar-refractivity contribution in [3.05, 3.63) is 77.4 Å². The number of ketones is 1. The number of aromatic nitrogens is 1. The maximum atomic E-state index is 14.7. The highest BCUT2D eigenvalue weighted by Gasteiger charge is 2.16. The predicted octanol–water partition coefficient (Wildman–Crippen LogP) is 5.39. The summed E-state index contributed by atoms with van der Waals surface area (Å²) in [6.07, 6.45) is 3.01. The second kappa shape index (κ2) is 10.2. The van der Waals surface area contributed by atoms with Crippen LogP contribution in [0.4, 0.5) is 10.1 Å². The molecule has 0 aliphatic heterocycles. The van der Waals surface area contributed by atoms with Crippen LogP contribution in [0.5, 0.6) is 5.75 Å². The number of Topliss-reactive ketones (excluding diaryl/α,β-unsaturated/α-hetero) is 1. The molecule has 0 spiro atoms. The number of halogens is 1. The van der Waals surface area contributed by atoms with Crippen molar-refractivity contribution in [2.75, 3.05) is 19.1 Å². The lowest BCUT2D eigenvalue weighted by Crippen LogP contribution is -2.25. The lowest BCUT2D eigenvalue weighted by atomic mass is 9.98. The topological polar surface area (TPSA) is 59.5 Å². The van der Waals surface area contributed by atoms with Crippen molar-refractivity contribution in [1.29, 1.82) is 0 Å². The van der Waals surface area contributed by atoms with Crippen LogP contribution in [0.25, 0.3) is 11.1 Å². The molecule has 1 amide bonds. The van der Waals surface area contributed by atoms with Gasteiger partial charge in [0.05, 0.1) is 18.4 Å². The van der Waals surface area contributed by atoms with Crippen molar-refractivity contribution in [3.63, 3.8) is 0 Å². The van der Waals surface area contributed by atoms with Gasteiger partial charge < -0.3 is 9.64 Å². The fourth-order valence-corrected chi connectivity index (χ4v) is 3.47. The molecule has 5 nitrogen and oxygen atoms in total. The van der Waals surface area contributed by atoms with E-state index in [1.807, 2.05) is 19.1 Å². The Morgan fingerprint density at radius 2 is 1.78 bits per heavy atom. The lowest BCUT2D eigenvalue weighted by molar-refractivity contribution is -0.118. The van der Waals surface area contributed by atoms with Gasteiger partial charge in [0.25, 0.3) is 0 Å². The second-order valence-corrected chi connectivity index (χ2v) is 7.62. The van der Waals surface area contributed by atoms with Crippen LogP contribution in [0.1, 0.15) is 41.4 Å². The number of hydrogen-bond donors (Lipinski definition) is 0. The smallest absolute Gasteiger partial charge is 0.226 e. The summed E-state index contributed by atoms with van der Waals surface area (Å²) in [6, 6.07) is 13.8. The van der Waals surface area contributed by atoms with E-state index < -0.39 is 5.82 Å². The summed E-state index contributed by atoms with van der Waals surface area (Å²) in [6.45, 7) is 3.65. The minimum Gasteiger partial charge on any atom is -0.496 e. The number of benzene rings is 2. The fourth-order valence-electron chi connectivity index (χ4n) is 3.47. The van der Waals surface area contributed by atoms with E-state index >= 15 is 0 Å². The van der Waals surface area contributed by atoms with Crippen molar-refractivity contribution in [2.45, 2.75) is 33.1 Å². The monoisotopic (exact) mass is 434 g/mol. The summed E-state index contributed by atoms with van der Waals surface area (Å²) in [4.78, 5) is 30.2. The third-order valence-corrected chi connectivity index (χ3v) is 5.43. The first-order valence-corrected chi connectivity index (χ1v) is 10.5. The summed E-state index contributed by atoms with van der Waals surface area (Å²) in [7, 11) is 3.06. The van der Waals surface area contributed by atoms with E-state index in [1.54, 1.807) is 50.5 Å². The Bertz CT molecular complexity index is 1130. The molecule has 0 radical (unpaired) electrons. The van der Waals surface area contributed by atoms with Gasteiger partial charge in [-0.2, -0.15) is 0 Å². The average molecular weight is 435 g/mol. The Kier molecular flexibility index (Phi) is 7.36. The highest BCUT2D eigenvalue weighted by molar-refractivity contribution is 5.99. The van der Waals surface area contributed by atoms with Crippen LogP contribution in [0.3, 0.4) is 0 Å². The highest BCUT2D eigenvalue weighted by atomic mass is 19.1. The number of nitrogens with zero attached hydrogens (tertiary/aromatic N) is 2. The lowest BCUT2D eigenvalue weighted by Gasteiger charge is -2.18. The Hall–Kier alpha value is -3.54. The van der Waals surface area contributed by atoms with Crippen LogP contribution < -0.4 is 9.64 Å². The number of ether oxygens (including phenoxy) is 1. The summed E-state index contributed by atoms with van der Waals surface area (Å²) in [5, 5.41) is 0. The van der Waals surface area contributed by atoms with Gasteiger partial charge in [0, 0.05) is 31.8 Å². The van der Waals surface area contributed by atoms with Crippen LogP contribution in [-0.2, 0) is 11.2 Å². The first-order chi connectivity index (χ1) is 15.3. The zero-order valence-corrected chi connectivity index (χ0v) is 18.8. The molecule has 3 aromatic rings. The molecule has 0 bridgehead atoms. The van der Waals surface area contributed by atoms with Crippen molar-refractivity contribution in [2.24, 2.45) is 0 Å². The number of carbonyl (C=O) groups excluding carboxylic acids is 2. The van der Waals surface area contributed by atoms with Crippen molar-refractivity contribution >= 4 is 17.4 Å². The van der Waals surface area contributed by atoms with Gasteiger partial charge in [-0.25, -0.2) is 4.39 Å². The normalized spacial score (nSPS) is 10.7. The van der Waals surface area contributed by atoms with E-state index in [4.69, 9.17) is 4.74 Å². The van der Waals surface area contributed by atoms with E-state index in [-0.39, 0.29) is 17.4 Å². The van der Waals surface area contributed by atoms with Gasteiger partial charge >= 0.3 is 0 Å². The molecule has 0 N–H and O–H groups in total. The molecule has 0 fully saturated rings. The molecule has 0 saturated carbocycles. The third kappa shape index (κ3) is 5.19. The molecule has 32 heavy (non-hydrogen) atoms. The SMILES string of the molecule is CCC(=O)N(C)c1ccc(-c2ccc(C(=O)CCc3ccc(C)nc3)c(OC)c2)cc1F. The molecule has 2 aromatic carbocycles. The quantitative estimate of drug-likeness (QED) is 0.446. The predicted molar refractivity (Wildman–Crippen MR) is 124 cm³/mol. The first kappa shape index (κ1) is 23.1. The largest absolute Gasteiger partial charge is 0.496 e. The molecular formula is C26H27FN2O3. The highest BCUT2D eigenvalue weighted by Crippen LogP contribution is 2.31. The van der Waals surface area contributed by atoms with E-state index in [0.29, 0.717) is 36.1 Å². The summed E-state index contributed by atoms with van der Waals surface area (Å²) >= 11 is 0. The van der Waals surface area contributed by atoms with Crippen molar-refractivity contribution in [3.8, 4) is 16.9 Å². The third-order valence-electron chi connectivity index (χ3n) is 5.43. The maximum absolute atomic E-state index is 14.7. The number of amides is 1. The van der Waals surface area contributed by atoms with Gasteiger partial charge in [0.1, 0.15) is 11.6 Å². The van der Waals surface area contributed by atoms with Gasteiger partial charge in [0.2, 0.25) is 5.91 Å². The average Bonchev–Trinajstić information content (AvgIpc) is 2.82. The zero-order valence-electron chi connectivity index (χ0n) is 18.8. The Morgan fingerprint density at radius 1 is 1.06 bits per heavy atom. The number of aryl methyl sites for hydroxylation is 2. The van der Waals surface area contributed by atoms with Gasteiger partial charge in [-0.15, -0.1) is 0 Å². The van der Waals surface area contributed by atoms with Gasteiger partial charge in [-0.3, -0.25) is 14.6 Å². The molecule has 0 saturated heterocycles. The summed E-state index contributed by atoms with van der Waals surface area (Å²) in [5.41, 5.74) is 4.00. The number of pyridine rings is 1. The summed E-state index contributed by atoms with van der Waals surface area (Å²) in [5.74, 6) is -0.243. The maximum Gasteiger partial charge on any atom is 0.226 e. The first-order valence-electron chi connectivity index (χ1n) is 10.5. The Morgan fingerprint density at radius 3 is 2.41 bits per heavy atom. The van der Waals surface area contributed by atoms with Crippen LogP contribution in [0.15, 0.2) is 54.7 Å². The number of anilines is 1. The van der Waals surface area contributed by atoms with Crippen LogP contribution >= 0.6 is 0 Å². The molecule has 0 unspecified atom stereocenters. The standard InChI is InChI=1S/C26H27FN2O3/c1-5-26(31)29(3)23-12-10-19(14-22(23)27)20-9-11-21(25(15-20)32-4)24(30)13-8-18-7-6-17(2)28-16-18/h6-7,9-12,14-16H,5,8,13H2,1-4H3. The van der Waals surface area contributed by atoms with E-state index in [0.717, 1.165) is 16.8 Å². The molecule has 3 rings (SSSR count). The number of carbonyl (C=O) groups is 2. The van der Waals surface area contributed by atoms with Crippen molar-refractivity contribution in [1.82, 2.24) is 4.98 Å². The van der Waals surface area contributed by atoms with Gasteiger partial charge in [-0.1, -0.05) is 25.1 Å². The fraction of sp³-hybridized carbons (Fsp3) is 0.269. The number of rotatable bonds is 8. The summed E-state index contributed by atoms with van der Waals surface area (Å²) < 4.78 is 20.1. The zero-order chi connectivity index (χ0) is 23.3. The molecular weight excluding hydrogens is 407 g/mol. The van der Waals surface area contributed by atoms with E-state index in [2.05, 4.69) is 4.98 Å². The Labute approximate surface area is 187 Å². The molecule has 6 heteroatoms. The molecule has 166 valence electrons. The van der Waals surface area contributed by atoms with Gasteiger partial charge in [-0.05, 0) is 60.4 Å². The van der Waals surface area contributed by atoms with Crippen molar-refractivity contribution < 1.29 is 18.7 Å². The van der Waals surface area contributed by atoms with E-state index in [1.165, 1.54) is 18.1 Å². The van der Waals surface area contributed by atoms with Crippen LogP contribution in [0, 0.1) is 12.7 Å². The van der Waals surface area contributed by atoms with Crippen LogP contribution in [0.2, 0.25) is 0 Å². The molecule has 0 atom stereocenters. The minimum absolute atomic E-state index is 0.0322. The Balaban J connectivity index is 1.80. The van der Waals surface area contributed by atoms with Gasteiger partial charge in [0.15, 0.2) is 5.78 Å². The molecule has 1 aromatic heterocycles. The minimum atomic E-state index is -0.488. The van der Waals surface area contributed by atoms with E-state index in [9.17, 15) is 14.0 Å².